The van der Waals surface area contributed by atoms with Gasteiger partial charge in [-0.2, -0.15) is 0 Å². The van der Waals surface area contributed by atoms with E-state index in [4.69, 9.17) is 4.74 Å². The lowest BCUT2D eigenvalue weighted by molar-refractivity contribution is -0.141. The largest absolute Gasteiger partial charge is 0.480 e. The van der Waals surface area contributed by atoms with Crippen molar-refractivity contribution >= 4 is 39.1 Å². The zero-order valence-electron chi connectivity index (χ0n) is 26.0. The van der Waals surface area contributed by atoms with Crippen molar-refractivity contribution in [2.75, 3.05) is 4.90 Å². The topological polar surface area (TPSA) is 152 Å². The molecule has 4 aromatic rings. The van der Waals surface area contributed by atoms with E-state index in [-0.39, 0.29) is 23.1 Å². The maximum absolute atomic E-state index is 14.0. The minimum atomic E-state index is -4.17. The highest BCUT2D eigenvalue weighted by atomic mass is 32.2. The van der Waals surface area contributed by atoms with E-state index in [1.54, 1.807) is 59.2 Å². The summed E-state index contributed by atoms with van der Waals surface area (Å²) in [6, 6.07) is 15.3. The van der Waals surface area contributed by atoms with E-state index in [0.717, 1.165) is 21.7 Å². The molecular formula is C32H37N5O6S2. The SMILES string of the molecule is CC(C)(C)OC(=O)N(c1cccc(C(NCc2ccc(-c3cscn3)cc2)S(=O)(=O)c2ccccn2)n1)C(C(=O)O)C(C)(C)C. The van der Waals surface area contributed by atoms with Crippen molar-refractivity contribution in [2.45, 2.75) is 70.1 Å². The molecule has 1 amide bonds. The Balaban J connectivity index is 1.77. The molecule has 0 saturated carbocycles. The van der Waals surface area contributed by atoms with Gasteiger partial charge in [-0.15, -0.1) is 11.3 Å². The first-order valence-corrected chi connectivity index (χ1v) is 16.6. The Labute approximate surface area is 267 Å². The fourth-order valence-corrected chi connectivity index (χ4v) is 6.63. The molecule has 0 spiro atoms. The number of ether oxygens (including phenoxy) is 1. The first-order chi connectivity index (χ1) is 21.1. The Kier molecular flexibility index (Phi) is 10.1. The highest BCUT2D eigenvalue weighted by Crippen LogP contribution is 2.32. The molecule has 11 nitrogen and oxygen atoms in total. The van der Waals surface area contributed by atoms with Crippen LogP contribution in [0, 0.1) is 5.41 Å². The standard InChI is InChI=1S/C32H37N5O6S2/c1-31(2,3)27(29(38)39)37(30(40)43-32(4,5)6)25-11-9-10-23(36-25)28(45(41,42)26-12-7-8-17-33-26)34-18-21-13-15-22(16-14-21)24-19-44-20-35-24/h7-17,19-20,27-28,34H,18H2,1-6H3,(H,38,39). The predicted octanol–water partition coefficient (Wildman–Crippen LogP) is 6.10. The van der Waals surface area contributed by atoms with E-state index in [1.807, 2.05) is 29.6 Å². The summed E-state index contributed by atoms with van der Waals surface area (Å²) in [4.78, 5) is 40.0. The van der Waals surface area contributed by atoms with Gasteiger partial charge in [0.25, 0.3) is 0 Å². The monoisotopic (exact) mass is 651 g/mol. The van der Waals surface area contributed by atoms with Gasteiger partial charge in [0.05, 0.1) is 16.9 Å². The number of carboxylic acids is 1. The number of carboxylic acid groups (broad SMARTS) is 1. The second-order valence-electron chi connectivity index (χ2n) is 12.4. The van der Waals surface area contributed by atoms with E-state index < -0.39 is 44.3 Å². The number of carbonyl (C=O) groups excluding carboxylic acids is 1. The number of aromatic nitrogens is 3. The minimum absolute atomic E-state index is 0.0452. The number of thiazole rings is 1. The van der Waals surface area contributed by atoms with Gasteiger partial charge in [-0.1, -0.05) is 57.2 Å². The molecule has 2 atom stereocenters. The third-order valence-electron chi connectivity index (χ3n) is 6.59. The lowest BCUT2D eigenvalue weighted by Crippen LogP contribution is -2.54. The van der Waals surface area contributed by atoms with Crippen molar-refractivity contribution < 1.29 is 27.9 Å². The molecule has 2 unspecified atom stereocenters. The van der Waals surface area contributed by atoms with E-state index in [2.05, 4.69) is 20.3 Å². The second-order valence-corrected chi connectivity index (χ2v) is 15.1. The summed E-state index contributed by atoms with van der Waals surface area (Å²) in [5.41, 5.74) is 2.51. The molecule has 238 valence electrons. The Morgan fingerprint density at radius 3 is 2.24 bits per heavy atom. The number of hydrogen-bond donors (Lipinski definition) is 2. The molecule has 0 bridgehead atoms. The number of amides is 1. The van der Waals surface area contributed by atoms with Crippen LogP contribution in [0.15, 0.2) is 82.8 Å². The molecular weight excluding hydrogens is 615 g/mol. The van der Waals surface area contributed by atoms with E-state index >= 15 is 0 Å². The zero-order valence-corrected chi connectivity index (χ0v) is 27.6. The molecule has 0 aliphatic carbocycles. The maximum atomic E-state index is 14.0. The maximum Gasteiger partial charge on any atom is 0.416 e. The molecule has 0 saturated heterocycles. The molecule has 0 fully saturated rings. The quantitative estimate of drug-likeness (QED) is 0.206. The van der Waals surface area contributed by atoms with Crippen LogP contribution in [-0.4, -0.2) is 52.2 Å². The van der Waals surface area contributed by atoms with Crippen LogP contribution in [0.25, 0.3) is 11.3 Å². The number of benzene rings is 1. The van der Waals surface area contributed by atoms with E-state index in [0.29, 0.717) is 0 Å². The van der Waals surface area contributed by atoms with Crippen molar-refractivity contribution in [1.82, 2.24) is 20.3 Å². The molecule has 2 N–H and O–H groups in total. The van der Waals surface area contributed by atoms with Gasteiger partial charge in [0, 0.05) is 23.7 Å². The first-order valence-electron chi connectivity index (χ1n) is 14.2. The number of anilines is 1. The number of nitrogens with zero attached hydrogens (tertiary/aromatic N) is 4. The van der Waals surface area contributed by atoms with Gasteiger partial charge in [0.2, 0.25) is 9.84 Å². The number of hydrogen-bond acceptors (Lipinski definition) is 10. The summed E-state index contributed by atoms with van der Waals surface area (Å²) in [6.07, 6.45) is 0.461. The first kappa shape index (κ1) is 33.7. The van der Waals surface area contributed by atoms with Gasteiger partial charge in [-0.05, 0) is 56.0 Å². The summed E-state index contributed by atoms with van der Waals surface area (Å²) >= 11 is 1.49. The molecule has 0 aliphatic heterocycles. The van der Waals surface area contributed by atoms with Crippen LogP contribution in [0.3, 0.4) is 0 Å². The summed E-state index contributed by atoms with van der Waals surface area (Å²) < 4.78 is 33.6. The van der Waals surface area contributed by atoms with Crippen molar-refractivity contribution in [2.24, 2.45) is 5.41 Å². The molecule has 3 heterocycles. The van der Waals surface area contributed by atoms with Crippen LogP contribution in [0.1, 0.15) is 58.2 Å². The van der Waals surface area contributed by atoms with Crippen LogP contribution in [0.5, 0.6) is 0 Å². The highest BCUT2D eigenvalue weighted by molar-refractivity contribution is 7.91. The molecule has 3 aromatic heterocycles. The Morgan fingerprint density at radius 2 is 1.69 bits per heavy atom. The van der Waals surface area contributed by atoms with E-state index in [1.165, 1.54) is 41.8 Å². The number of carbonyl (C=O) groups is 2. The molecule has 13 heteroatoms. The number of aliphatic carboxylic acids is 1. The average molecular weight is 652 g/mol. The average Bonchev–Trinajstić information content (AvgIpc) is 3.50. The highest BCUT2D eigenvalue weighted by Gasteiger charge is 2.43. The Morgan fingerprint density at radius 1 is 0.978 bits per heavy atom. The third kappa shape index (κ3) is 8.29. The van der Waals surface area contributed by atoms with Gasteiger partial charge >= 0.3 is 12.1 Å². The van der Waals surface area contributed by atoms with E-state index in [9.17, 15) is 23.1 Å². The van der Waals surface area contributed by atoms with Crippen LogP contribution in [0.4, 0.5) is 10.6 Å². The molecule has 1 aromatic carbocycles. The summed E-state index contributed by atoms with van der Waals surface area (Å²) in [7, 11) is -4.17. The second kappa shape index (κ2) is 13.4. The number of nitrogens with one attached hydrogen (secondary N) is 1. The third-order valence-corrected chi connectivity index (χ3v) is 9.03. The van der Waals surface area contributed by atoms with Crippen LogP contribution in [0.2, 0.25) is 0 Å². The van der Waals surface area contributed by atoms with Crippen LogP contribution >= 0.6 is 11.3 Å². The number of pyridine rings is 2. The van der Waals surface area contributed by atoms with Gasteiger partial charge in [0.1, 0.15) is 17.5 Å². The Bertz CT molecular complexity index is 1720. The Hall–Kier alpha value is -4.20. The zero-order chi connectivity index (χ0) is 33.0. The van der Waals surface area contributed by atoms with Crippen molar-refractivity contribution in [3.63, 3.8) is 0 Å². The number of sulfone groups is 1. The van der Waals surface area contributed by atoms with Crippen LogP contribution < -0.4 is 10.2 Å². The summed E-state index contributed by atoms with van der Waals surface area (Å²) in [5.74, 6) is -1.34. The molecule has 0 radical (unpaired) electrons. The van der Waals surface area contributed by atoms with Gasteiger partial charge < -0.3 is 9.84 Å². The molecule has 45 heavy (non-hydrogen) atoms. The lowest BCUT2D eigenvalue weighted by Gasteiger charge is -2.37. The van der Waals surface area contributed by atoms with Crippen molar-refractivity contribution in [3.05, 3.63) is 89.0 Å². The van der Waals surface area contributed by atoms with Crippen molar-refractivity contribution in [3.8, 4) is 11.3 Å². The lowest BCUT2D eigenvalue weighted by atomic mass is 9.85. The van der Waals surface area contributed by atoms with Gasteiger partial charge in [-0.3, -0.25) is 5.32 Å². The van der Waals surface area contributed by atoms with Crippen LogP contribution in [-0.2, 0) is 25.9 Å². The summed E-state index contributed by atoms with van der Waals surface area (Å²) in [6.45, 7) is 10.2. The summed E-state index contributed by atoms with van der Waals surface area (Å²) in [5, 5.41) is 13.7. The minimum Gasteiger partial charge on any atom is -0.480 e. The fraction of sp³-hybridized carbons (Fsp3) is 0.344. The molecule has 0 aliphatic rings. The predicted molar refractivity (Wildman–Crippen MR) is 172 cm³/mol. The smallest absolute Gasteiger partial charge is 0.416 e. The fourth-order valence-electron chi connectivity index (χ4n) is 4.60. The number of rotatable bonds is 10. The van der Waals surface area contributed by atoms with Gasteiger partial charge in [0.15, 0.2) is 10.4 Å². The normalized spacial score (nSPS) is 13.6. The molecule has 4 rings (SSSR count). The van der Waals surface area contributed by atoms with Crippen molar-refractivity contribution in [1.29, 1.82) is 0 Å². The van der Waals surface area contributed by atoms with Gasteiger partial charge in [-0.25, -0.2) is 37.9 Å².